The van der Waals surface area contributed by atoms with Crippen molar-refractivity contribution < 1.29 is 19.1 Å². The Morgan fingerprint density at radius 1 is 1.19 bits per heavy atom. The van der Waals surface area contributed by atoms with E-state index < -0.39 is 17.9 Å². The van der Waals surface area contributed by atoms with Gasteiger partial charge in [0.2, 0.25) is 0 Å². The van der Waals surface area contributed by atoms with E-state index in [1.54, 1.807) is 42.5 Å². The standard InChI is InChI=1S/C23H25ClN4O4/c1-4-31-20-13-16(9-10-19(20)32-12-11-25)14-26-28-23(30)21(15(2)3)27-22(29)17-7-5-6-8-18(17)24/h5-10,13-15,21H,4,12H2,1-3H3,(H,27,29)(H,28,30). The number of nitrogens with one attached hydrogen (secondary N) is 2. The van der Waals surface area contributed by atoms with Gasteiger partial charge in [-0.2, -0.15) is 10.4 Å². The number of nitriles is 1. The van der Waals surface area contributed by atoms with E-state index in [9.17, 15) is 9.59 Å². The average molecular weight is 457 g/mol. The Labute approximate surface area is 192 Å². The SMILES string of the molecule is CCOc1cc(C=NNC(=O)C(NC(=O)c2ccccc2Cl)C(C)C)ccc1OCC#N. The van der Waals surface area contributed by atoms with Gasteiger partial charge in [-0.15, -0.1) is 0 Å². The van der Waals surface area contributed by atoms with E-state index in [0.29, 0.717) is 34.3 Å². The van der Waals surface area contributed by atoms with Gasteiger partial charge in [0.15, 0.2) is 18.1 Å². The number of carbonyl (C=O) groups excluding carboxylic acids is 2. The summed E-state index contributed by atoms with van der Waals surface area (Å²) < 4.78 is 10.9. The van der Waals surface area contributed by atoms with Crippen molar-refractivity contribution in [1.82, 2.24) is 10.7 Å². The molecule has 0 saturated carbocycles. The smallest absolute Gasteiger partial charge is 0.262 e. The van der Waals surface area contributed by atoms with Gasteiger partial charge in [-0.1, -0.05) is 37.6 Å². The van der Waals surface area contributed by atoms with Gasteiger partial charge in [0.1, 0.15) is 12.1 Å². The zero-order valence-corrected chi connectivity index (χ0v) is 18.8. The number of nitrogens with zero attached hydrogens (tertiary/aromatic N) is 2. The number of benzene rings is 2. The maximum atomic E-state index is 12.6. The normalized spacial score (nSPS) is 11.6. The van der Waals surface area contributed by atoms with E-state index in [2.05, 4.69) is 15.8 Å². The van der Waals surface area contributed by atoms with Gasteiger partial charge in [0.25, 0.3) is 11.8 Å². The number of hydrogen-bond donors (Lipinski definition) is 2. The lowest BCUT2D eigenvalue weighted by Gasteiger charge is -2.20. The highest BCUT2D eigenvalue weighted by Crippen LogP contribution is 2.28. The fourth-order valence-electron chi connectivity index (χ4n) is 2.74. The average Bonchev–Trinajstić information content (AvgIpc) is 2.77. The molecule has 0 spiro atoms. The van der Waals surface area contributed by atoms with Crippen LogP contribution < -0.4 is 20.2 Å². The second kappa shape index (κ2) is 12.3. The van der Waals surface area contributed by atoms with Crippen LogP contribution in [0.15, 0.2) is 47.6 Å². The van der Waals surface area contributed by atoms with Crippen molar-refractivity contribution in [2.24, 2.45) is 11.0 Å². The predicted molar refractivity (Wildman–Crippen MR) is 122 cm³/mol. The third-order valence-corrected chi connectivity index (χ3v) is 4.63. The van der Waals surface area contributed by atoms with Gasteiger partial charge >= 0.3 is 0 Å². The van der Waals surface area contributed by atoms with Crippen molar-refractivity contribution >= 4 is 29.6 Å². The Balaban J connectivity index is 2.06. The van der Waals surface area contributed by atoms with E-state index in [1.807, 2.05) is 26.8 Å². The molecule has 168 valence electrons. The third kappa shape index (κ3) is 7.00. The van der Waals surface area contributed by atoms with Crippen LogP contribution in [-0.4, -0.2) is 37.3 Å². The zero-order valence-electron chi connectivity index (χ0n) is 18.1. The molecular formula is C23H25ClN4O4. The minimum absolute atomic E-state index is 0.0972. The highest BCUT2D eigenvalue weighted by atomic mass is 35.5. The fourth-order valence-corrected chi connectivity index (χ4v) is 2.96. The van der Waals surface area contributed by atoms with E-state index in [-0.39, 0.29) is 12.5 Å². The quantitative estimate of drug-likeness (QED) is 0.419. The van der Waals surface area contributed by atoms with Crippen LogP contribution in [0.4, 0.5) is 0 Å². The van der Waals surface area contributed by atoms with Gasteiger partial charge in [0.05, 0.1) is 23.4 Å². The van der Waals surface area contributed by atoms with Crippen molar-refractivity contribution in [2.75, 3.05) is 13.2 Å². The molecule has 0 heterocycles. The van der Waals surface area contributed by atoms with Crippen molar-refractivity contribution in [3.8, 4) is 17.6 Å². The molecule has 0 fully saturated rings. The summed E-state index contributed by atoms with van der Waals surface area (Å²) in [5, 5.41) is 15.7. The third-order valence-electron chi connectivity index (χ3n) is 4.30. The maximum Gasteiger partial charge on any atom is 0.262 e. The highest BCUT2D eigenvalue weighted by molar-refractivity contribution is 6.33. The molecule has 0 radical (unpaired) electrons. The molecule has 2 N–H and O–H groups in total. The summed E-state index contributed by atoms with van der Waals surface area (Å²) in [4.78, 5) is 25.1. The summed E-state index contributed by atoms with van der Waals surface area (Å²) in [5.74, 6) is -0.182. The van der Waals surface area contributed by atoms with E-state index in [4.69, 9.17) is 26.3 Å². The van der Waals surface area contributed by atoms with Gasteiger partial charge < -0.3 is 14.8 Å². The monoisotopic (exact) mass is 456 g/mol. The molecule has 2 aromatic rings. The predicted octanol–water partition coefficient (Wildman–Crippen LogP) is 3.55. The van der Waals surface area contributed by atoms with Crippen LogP contribution >= 0.6 is 11.6 Å². The highest BCUT2D eigenvalue weighted by Gasteiger charge is 2.25. The molecule has 2 rings (SSSR count). The van der Waals surface area contributed by atoms with Crippen molar-refractivity contribution in [1.29, 1.82) is 5.26 Å². The molecule has 0 aliphatic heterocycles. The largest absolute Gasteiger partial charge is 0.490 e. The molecule has 2 aromatic carbocycles. The molecule has 0 bridgehead atoms. The van der Waals surface area contributed by atoms with Crippen LogP contribution in [0.1, 0.15) is 36.7 Å². The van der Waals surface area contributed by atoms with Crippen LogP contribution in [-0.2, 0) is 4.79 Å². The second-order valence-corrected chi connectivity index (χ2v) is 7.40. The summed E-state index contributed by atoms with van der Waals surface area (Å²) >= 11 is 6.07. The number of carbonyl (C=O) groups is 2. The van der Waals surface area contributed by atoms with Crippen molar-refractivity contribution in [3.63, 3.8) is 0 Å². The van der Waals surface area contributed by atoms with Gasteiger partial charge in [-0.3, -0.25) is 9.59 Å². The van der Waals surface area contributed by atoms with E-state index in [0.717, 1.165) is 0 Å². The first-order chi connectivity index (χ1) is 15.4. The summed E-state index contributed by atoms with van der Waals surface area (Å²) in [6.45, 7) is 5.78. The van der Waals surface area contributed by atoms with Crippen LogP contribution in [0.25, 0.3) is 0 Å². The first-order valence-electron chi connectivity index (χ1n) is 10.0. The van der Waals surface area contributed by atoms with Gasteiger partial charge in [-0.25, -0.2) is 5.43 Å². The molecule has 0 saturated heterocycles. The molecule has 8 nitrogen and oxygen atoms in total. The van der Waals surface area contributed by atoms with Crippen LogP contribution in [0.3, 0.4) is 0 Å². The molecule has 2 amide bonds. The molecular weight excluding hydrogens is 432 g/mol. The summed E-state index contributed by atoms with van der Waals surface area (Å²) in [5.41, 5.74) is 3.39. The number of halogens is 1. The molecule has 0 aliphatic carbocycles. The lowest BCUT2D eigenvalue weighted by molar-refractivity contribution is -0.123. The Hall–Kier alpha value is -3.57. The van der Waals surface area contributed by atoms with Gasteiger partial charge in [0, 0.05) is 0 Å². The van der Waals surface area contributed by atoms with Crippen molar-refractivity contribution in [2.45, 2.75) is 26.8 Å². The first-order valence-corrected chi connectivity index (χ1v) is 10.4. The van der Waals surface area contributed by atoms with Crippen molar-refractivity contribution in [3.05, 3.63) is 58.6 Å². The van der Waals surface area contributed by atoms with E-state index >= 15 is 0 Å². The Morgan fingerprint density at radius 3 is 2.59 bits per heavy atom. The Morgan fingerprint density at radius 2 is 1.94 bits per heavy atom. The summed E-state index contributed by atoms with van der Waals surface area (Å²) in [6, 6.07) is 12.8. The Bertz CT molecular complexity index is 1020. The maximum absolute atomic E-state index is 12.6. The summed E-state index contributed by atoms with van der Waals surface area (Å²) in [6.07, 6.45) is 1.45. The first kappa shape index (κ1) is 24.7. The number of ether oxygens (including phenoxy) is 2. The zero-order chi connectivity index (χ0) is 23.5. The molecule has 1 unspecified atom stereocenters. The van der Waals surface area contributed by atoms with Gasteiger partial charge in [-0.05, 0) is 48.7 Å². The van der Waals surface area contributed by atoms with Crippen LogP contribution in [0, 0.1) is 17.2 Å². The molecule has 0 aromatic heterocycles. The second-order valence-electron chi connectivity index (χ2n) is 7.00. The lowest BCUT2D eigenvalue weighted by atomic mass is 10.0. The number of hydrogen-bond acceptors (Lipinski definition) is 6. The van der Waals surface area contributed by atoms with Crippen LogP contribution in [0.2, 0.25) is 5.02 Å². The number of amides is 2. The minimum atomic E-state index is -0.809. The fraction of sp³-hybridized carbons (Fsp3) is 0.304. The minimum Gasteiger partial charge on any atom is -0.490 e. The molecule has 32 heavy (non-hydrogen) atoms. The summed E-state index contributed by atoms with van der Waals surface area (Å²) in [7, 11) is 0. The number of rotatable bonds is 10. The van der Waals surface area contributed by atoms with E-state index in [1.165, 1.54) is 6.21 Å². The number of hydrazone groups is 1. The topological polar surface area (TPSA) is 113 Å². The lowest BCUT2D eigenvalue weighted by Crippen LogP contribution is -2.48. The van der Waals surface area contributed by atoms with Crippen LogP contribution in [0.5, 0.6) is 11.5 Å². The Kier molecular flexibility index (Phi) is 9.51. The molecule has 0 aliphatic rings. The molecule has 9 heteroatoms. The molecule has 1 atom stereocenters.